The molecule has 458 valence electrons. The number of nitrogens with zero attached hydrogens (tertiary/aromatic N) is 6. The van der Waals surface area contributed by atoms with Crippen LogP contribution >= 0.6 is 0 Å². The third kappa shape index (κ3) is 15.6. The number of carbonyl (C=O) groups excluding carboxylic acids is 1. The molecule has 3 fully saturated rings. The van der Waals surface area contributed by atoms with E-state index in [4.69, 9.17) is 9.47 Å². The quantitative estimate of drug-likeness (QED) is 0.0991. The van der Waals surface area contributed by atoms with Crippen molar-refractivity contribution in [3.63, 3.8) is 0 Å². The zero-order valence-electron chi connectivity index (χ0n) is 51.9. The predicted octanol–water partition coefficient (Wildman–Crippen LogP) is 13.5. The first-order valence-corrected chi connectivity index (χ1v) is 31.4. The maximum atomic E-state index is 13.1. The molecule has 0 radical (unpaired) electrons. The number of halogens is 3. The second kappa shape index (κ2) is 28.2. The second-order valence-corrected chi connectivity index (χ2v) is 25.6. The van der Waals surface area contributed by atoms with Crippen LogP contribution in [0.4, 0.5) is 29.3 Å². The molecule has 5 aliphatic heterocycles. The Morgan fingerprint density at radius 2 is 0.884 bits per heavy atom. The number of methoxy groups -OCH3 is 2. The third-order valence-electron chi connectivity index (χ3n) is 18.8. The van der Waals surface area contributed by atoms with Gasteiger partial charge in [0.25, 0.3) is 0 Å². The molecule has 0 aliphatic carbocycles. The molecule has 0 unspecified atom stereocenters. The summed E-state index contributed by atoms with van der Waals surface area (Å²) >= 11 is 0. The van der Waals surface area contributed by atoms with Crippen LogP contribution in [0.25, 0.3) is 10.9 Å². The first kappa shape index (κ1) is 62.1. The molecule has 86 heavy (non-hydrogen) atoms. The number of likely N-dealkylation sites (tertiary alicyclic amines) is 3. The number of rotatable bonds is 16. The standard InChI is InChI=1S/C24H29FN4O.2C24H31FN2O/c1-26-24(30)27-17-19-2-5-20-9-15-29(23(20)16-19)22-10-13-28(14-11-22)12-8-18-3-6-21(25)7-4-18;2*1-24(2)17-19-6-9-22(28-3)16-23(19)27(24)21-11-14-26(15-12-21)13-10-18-4-7-20(25)8-5-18/h2-7,9,15-16,22H,8,10-14,17H2,1H3,(H2,26,27,30);2*4-9,16,21H,10-15,17H2,1-3H3. The largest absolute Gasteiger partial charge is 0.497 e. The Bertz CT molecular complexity index is 3170. The van der Waals surface area contributed by atoms with Crippen LogP contribution in [0.1, 0.15) is 106 Å². The van der Waals surface area contributed by atoms with E-state index in [-0.39, 0.29) is 34.6 Å². The van der Waals surface area contributed by atoms with Crippen LogP contribution in [0.15, 0.2) is 140 Å². The van der Waals surface area contributed by atoms with Gasteiger partial charge >= 0.3 is 6.03 Å². The Labute approximate surface area is 509 Å². The molecule has 14 heteroatoms. The van der Waals surface area contributed by atoms with Crippen molar-refractivity contribution in [2.24, 2.45) is 0 Å². The predicted molar refractivity (Wildman–Crippen MR) is 344 cm³/mol. The number of benzene rings is 6. The van der Waals surface area contributed by atoms with Crippen LogP contribution in [-0.4, -0.2) is 129 Å². The van der Waals surface area contributed by atoms with Crippen molar-refractivity contribution in [2.45, 2.75) is 134 Å². The van der Waals surface area contributed by atoms with Crippen molar-refractivity contribution in [3.8, 4) is 11.5 Å². The molecular weight excluding hydrogens is 1080 g/mol. The van der Waals surface area contributed by atoms with Crippen LogP contribution in [0.5, 0.6) is 11.5 Å². The summed E-state index contributed by atoms with van der Waals surface area (Å²) in [4.78, 5) is 24.4. The molecule has 5 aliphatic rings. The van der Waals surface area contributed by atoms with Gasteiger partial charge in [0.15, 0.2) is 0 Å². The van der Waals surface area contributed by atoms with E-state index in [1.165, 1.54) is 87.9 Å². The monoisotopic (exact) mass is 1170 g/mol. The summed E-state index contributed by atoms with van der Waals surface area (Å²) in [7, 11) is 5.10. The number of amides is 2. The van der Waals surface area contributed by atoms with E-state index in [1.807, 2.05) is 36.4 Å². The highest BCUT2D eigenvalue weighted by Crippen LogP contribution is 2.45. The van der Waals surface area contributed by atoms with Crippen LogP contribution in [0.2, 0.25) is 0 Å². The van der Waals surface area contributed by atoms with Gasteiger partial charge in [-0.1, -0.05) is 60.7 Å². The lowest BCUT2D eigenvalue weighted by atomic mass is 9.95. The van der Waals surface area contributed by atoms with Gasteiger partial charge in [0.05, 0.1) is 14.2 Å². The van der Waals surface area contributed by atoms with Gasteiger partial charge in [-0.2, -0.15) is 0 Å². The molecule has 6 aromatic carbocycles. The fraction of sp³-hybridized carbons (Fsp3) is 0.458. The summed E-state index contributed by atoms with van der Waals surface area (Å²) in [6.07, 6.45) is 14.3. The summed E-state index contributed by atoms with van der Waals surface area (Å²) < 4.78 is 52.6. The maximum absolute atomic E-state index is 13.1. The van der Waals surface area contributed by atoms with Crippen LogP contribution in [0.3, 0.4) is 0 Å². The Hall–Kier alpha value is -7.00. The van der Waals surface area contributed by atoms with Crippen LogP contribution < -0.4 is 29.9 Å². The molecule has 2 N–H and O–H groups in total. The smallest absolute Gasteiger partial charge is 0.314 e. The van der Waals surface area contributed by atoms with Crippen molar-refractivity contribution in [3.05, 3.63) is 190 Å². The van der Waals surface area contributed by atoms with Crippen molar-refractivity contribution < 1.29 is 27.4 Å². The number of nitrogens with one attached hydrogen (secondary N) is 2. The normalized spacial score (nSPS) is 18.2. The van der Waals surface area contributed by atoms with Crippen LogP contribution in [0, 0.1) is 17.5 Å². The first-order chi connectivity index (χ1) is 41.5. The Morgan fingerprint density at radius 1 is 0.500 bits per heavy atom. The highest BCUT2D eigenvalue weighted by molar-refractivity contribution is 5.81. The fourth-order valence-electron chi connectivity index (χ4n) is 14.2. The van der Waals surface area contributed by atoms with Gasteiger partial charge in [0, 0.05) is 137 Å². The molecule has 0 atom stereocenters. The lowest BCUT2D eigenvalue weighted by Crippen LogP contribution is -2.52. The number of urea groups is 1. The van der Waals surface area contributed by atoms with Gasteiger partial charge in [-0.15, -0.1) is 0 Å². The molecule has 1 aromatic heterocycles. The van der Waals surface area contributed by atoms with E-state index in [2.05, 4.69) is 134 Å². The molecule has 0 spiro atoms. The van der Waals surface area contributed by atoms with Crippen molar-refractivity contribution in [2.75, 3.05) is 90.0 Å². The highest BCUT2D eigenvalue weighted by atomic mass is 19.1. The topological polar surface area (TPSA) is 80.7 Å². The molecule has 0 bridgehead atoms. The van der Waals surface area contributed by atoms with E-state index in [0.717, 1.165) is 121 Å². The van der Waals surface area contributed by atoms with Gasteiger partial charge in [0.1, 0.15) is 29.0 Å². The molecular formula is C72H91F3N8O3. The molecule has 3 saturated heterocycles. The van der Waals surface area contributed by atoms with Gasteiger partial charge < -0.3 is 49.2 Å². The average molecular weight is 1170 g/mol. The maximum Gasteiger partial charge on any atom is 0.314 e. The second-order valence-electron chi connectivity index (χ2n) is 25.6. The fourth-order valence-corrected chi connectivity index (χ4v) is 14.2. The lowest BCUT2D eigenvalue weighted by Gasteiger charge is -2.44. The zero-order valence-corrected chi connectivity index (χ0v) is 51.9. The lowest BCUT2D eigenvalue weighted by molar-refractivity contribution is 0.190. The van der Waals surface area contributed by atoms with Gasteiger partial charge in [-0.25, -0.2) is 18.0 Å². The third-order valence-corrected chi connectivity index (χ3v) is 18.8. The minimum atomic E-state index is -0.175. The number of ether oxygens (including phenoxy) is 2. The Morgan fingerprint density at radius 3 is 1.27 bits per heavy atom. The van der Waals surface area contributed by atoms with Crippen LogP contribution in [-0.2, 0) is 38.6 Å². The summed E-state index contributed by atoms with van der Waals surface area (Å²) in [5, 5.41) is 6.67. The van der Waals surface area contributed by atoms with Crippen molar-refractivity contribution >= 4 is 28.3 Å². The van der Waals surface area contributed by atoms with E-state index in [0.29, 0.717) is 24.7 Å². The van der Waals surface area contributed by atoms with Gasteiger partial charge in [0.2, 0.25) is 0 Å². The Kier molecular flexibility index (Phi) is 20.4. The van der Waals surface area contributed by atoms with Crippen molar-refractivity contribution in [1.82, 2.24) is 29.9 Å². The molecule has 2 amide bonds. The SMILES string of the molecule is CNC(=O)NCc1ccc2ccn(C3CCN(CCc4ccc(F)cc4)CC3)c2c1.COc1ccc2c(c1)N(C1CCN(CCc3ccc(F)cc3)CC1)C(C)(C)C2.COc1ccc2c(c1)N(C1CCN(CCc3ccc(F)cc3)CC1)C(C)(C)C2. The van der Waals surface area contributed by atoms with Gasteiger partial charge in [-0.3, -0.25) is 0 Å². The number of hydrogen-bond donors (Lipinski definition) is 2. The number of fused-ring (bicyclic) bond motifs is 3. The van der Waals surface area contributed by atoms with E-state index >= 15 is 0 Å². The molecule has 0 saturated carbocycles. The molecule has 6 heterocycles. The minimum Gasteiger partial charge on any atom is -0.497 e. The number of anilines is 2. The number of hydrogen-bond acceptors (Lipinski definition) is 8. The Balaban J connectivity index is 0.000000143. The van der Waals surface area contributed by atoms with E-state index in [1.54, 1.807) is 45.5 Å². The van der Waals surface area contributed by atoms with E-state index in [9.17, 15) is 18.0 Å². The van der Waals surface area contributed by atoms with Crippen molar-refractivity contribution in [1.29, 1.82) is 0 Å². The van der Waals surface area contributed by atoms with E-state index < -0.39 is 0 Å². The summed E-state index contributed by atoms with van der Waals surface area (Å²) in [5.41, 5.74) is 11.8. The summed E-state index contributed by atoms with van der Waals surface area (Å²) in [6.45, 7) is 19.7. The first-order valence-electron chi connectivity index (χ1n) is 31.4. The minimum absolute atomic E-state index is 0.148. The van der Waals surface area contributed by atoms with Gasteiger partial charge in [-0.05, 0) is 198 Å². The average Bonchev–Trinajstić information content (AvgIpc) is 3.10. The number of piperidine rings is 3. The molecule has 12 rings (SSSR count). The number of aromatic nitrogens is 1. The highest BCUT2D eigenvalue weighted by Gasteiger charge is 2.42. The molecule has 11 nitrogen and oxygen atoms in total. The molecule has 7 aromatic rings. The number of carbonyl (C=O) groups is 1. The summed E-state index contributed by atoms with van der Waals surface area (Å²) in [5.74, 6) is 1.40. The summed E-state index contributed by atoms with van der Waals surface area (Å²) in [6, 6.07) is 43.8. The zero-order chi connectivity index (χ0) is 60.4.